The van der Waals surface area contributed by atoms with E-state index in [1.54, 1.807) is 19.1 Å². The summed E-state index contributed by atoms with van der Waals surface area (Å²) in [6.07, 6.45) is 1.31. The summed E-state index contributed by atoms with van der Waals surface area (Å²) in [6, 6.07) is 5.76. The number of pyridine rings is 1. The van der Waals surface area contributed by atoms with Crippen LogP contribution in [-0.4, -0.2) is 16.1 Å². The molecule has 0 fully saturated rings. The van der Waals surface area contributed by atoms with Crippen molar-refractivity contribution in [3.05, 3.63) is 47.4 Å². The summed E-state index contributed by atoms with van der Waals surface area (Å²) in [4.78, 5) is 15.0. The minimum absolute atomic E-state index is 0.0474. The van der Waals surface area contributed by atoms with Gasteiger partial charge in [0.2, 0.25) is 0 Å². The third-order valence-electron chi connectivity index (χ3n) is 2.51. The second-order valence-corrected chi connectivity index (χ2v) is 4.08. The van der Waals surface area contributed by atoms with E-state index in [9.17, 15) is 9.18 Å². The van der Waals surface area contributed by atoms with E-state index in [1.165, 1.54) is 18.3 Å². The van der Waals surface area contributed by atoms with E-state index in [-0.39, 0.29) is 22.8 Å². The number of carboxylic acids is 1. The molecule has 1 aromatic heterocycles. The van der Waals surface area contributed by atoms with Crippen molar-refractivity contribution in [1.29, 1.82) is 0 Å². The first-order chi connectivity index (χ1) is 8.97. The molecule has 0 aliphatic heterocycles. The fourth-order valence-corrected chi connectivity index (χ4v) is 1.61. The van der Waals surface area contributed by atoms with E-state index in [0.717, 1.165) is 5.56 Å². The summed E-state index contributed by atoms with van der Waals surface area (Å²) in [7, 11) is 0. The number of halogens is 1. The Labute approximate surface area is 108 Å². The van der Waals surface area contributed by atoms with Crippen molar-refractivity contribution < 1.29 is 14.3 Å². The molecule has 2 aromatic rings. The second kappa shape index (κ2) is 4.93. The van der Waals surface area contributed by atoms with Crippen LogP contribution in [0.2, 0.25) is 0 Å². The largest absolute Gasteiger partial charge is 0.478 e. The molecule has 0 atom stereocenters. The van der Waals surface area contributed by atoms with Gasteiger partial charge in [0.05, 0.1) is 17.6 Å². The van der Waals surface area contributed by atoms with Crippen molar-refractivity contribution in [2.75, 3.05) is 11.1 Å². The average Bonchev–Trinajstić information content (AvgIpc) is 2.35. The molecule has 6 heteroatoms. The maximum absolute atomic E-state index is 13.6. The molecule has 0 amide bonds. The number of aryl methyl sites for hydroxylation is 1. The number of hydrogen-bond donors (Lipinski definition) is 3. The van der Waals surface area contributed by atoms with Gasteiger partial charge in [-0.25, -0.2) is 14.2 Å². The molecule has 0 radical (unpaired) electrons. The van der Waals surface area contributed by atoms with Crippen LogP contribution in [0.3, 0.4) is 0 Å². The fraction of sp³-hybridized carbons (Fsp3) is 0.0769. The van der Waals surface area contributed by atoms with E-state index in [2.05, 4.69) is 10.3 Å². The molecular weight excluding hydrogens is 249 g/mol. The van der Waals surface area contributed by atoms with E-state index in [1.807, 2.05) is 0 Å². The Morgan fingerprint density at radius 3 is 2.84 bits per heavy atom. The third kappa shape index (κ3) is 2.79. The quantitative estimate of drug-likeness (QED) is 0.790. The normalized spacial score (nSPS) is 10.2. The van der Waals surface area contributed by atoms with Crippen molar-refractivity contribution in [2.24, 2.45) is 0 Å². The lowest BCUT2D eigenvalue weighted by molar-refractivity contribution is 0.0697. The molecule has 98 valence electrons. The molecule has 0 unspecified atom stereocenters. The molecule has 2 rings (SSSR count). The first-order valence-electron chi connectivity index (χ1n) is 5.49. The Morgan fingerprint density at radius 1 is 1.42 bits per heavy atom. The van der Waals surface area contributed by atoms with Gasteiger partial charge in [-0.3, -0.25) is 0 Å². The molecule has 0 spiro atoms. The zero-order valence-electron chi connectivity index (χ0n) is 10.1. The van der Waals surface area contributed by atoms with Gasteiger partial charge in [0, 0.05) is 0 Å². The summed E-state index contributed by atoms with van der Waals surface area (Å²) in [5, 5.41) is 11.7. The number of aromatic carboxylic acids is 1. The molecule has 0 aliphatic rings. The van der Waals surface area contributed by atoms with Crippen molar-refractivity contribution in [3.63, 3.8) is 0 Å². The molecule has 0 saturated carbocycles. The molecule has 19 heavy (non-hydrogen) atoms. The third-order valence-corrected chi connectivity index (χ3v) is 2.51. The zero-order chi connectivity index (χ0) is 14.0. The summed E-state index contributed by atoms with van der Waals surface area (Å²) in [5.41, 5.74) is 6.61. The predicted octanol–water partition coefficient (Wildman–Crippen LogP) is 2.55. The van der Waals surface area contributed by atoms with Gasteiger partial charge in [0.15, 0.2) is 0 Å². The van der Waals surface area contributed by atoms with Crippen molar-refractivity contribution >= 4 is 23.2 Å². The number of nitrogen functional groups attached to an aromatic ring is 1. The molecule has 1 aromatic carbocycles. The van der Waals surface area contributed by atoms with Crippen LogP contribution in [0, 0.1) is 12.7 Å². The number of nitrogens with one attached hydrogen (secondary N) is 1. The van der Waals surface area contributed by atoms with Crippen LogP contribution in [-0.2, 0) is 0 Å². The Kier molecular flexibility index (Phi) is 3.33. The molecule has 5 nitrogen and oxygen atoms in total. The molecule has 0 bridgehead atoms. The van der Waals surface area contributed by atoms with Crippen molar-refractivity contribution in [3.8, 4) is 0 Å². The van der Waals surface area contributed by atoms with Crippen LogP contribution in [0.15, 0.2) is 30.5 Å². The van der Waals surface area contributed by atoms with Crippen LogP contribution < -0.4 is 11.1 Å². The average molecular weight is 261 g/mol. The monoisotopic (exact) mass is 261 g/mol. The highest BCUT2D eigenvalue weighted by Gasteiger charge is 2.13. The lowest BCUT2D eigenvalue weighted by Crippen LogP contribution is -2.07. The first kappa shape index (κ1) is 12.8. The van der Waals surface area contributed by atoms with Gasteiger partial charge in [-0.1, -0.05) is 6.07 Å². The van der Waals surface area contributed by atoms with Crippen molar-refractivity contribution in [2.45, 2.75) is 6.92 Å². The Balaban J connectivity index is 2.43. The highest BCUT2D eigenvalue weighted by Crippen LogP contribution is 2.23. The first-order valence-corrected chi connectivity index (χ1v) is 5.49. The SMILES string of the molecule is Cc1ccc(F)c(Nc2ncc(N)cc2C(=O)O)c1. The predicted molar refractivity (Wildman–Crippen MR) is 70.0 cm³/mol. The summed E-state index contributed by atoms with van der Waals surface area (Å²) in [6.45, 7) is 1.80. The van der Waals surface area contributed by atoms with Gasteiger partial charge in [-0.15, -0.1) is 0 Å². The minimum Gasteiger partial charge on any atom is -0.478 e. The fourth-order valence-electron chi connectivity index (χ4n) is 1.61. The molecule has 4 N–H and O–H groups in total. The Morgan fingerprint density at radius 2 is 2.16 bits per heavy atom. The minimum atomic E-state index is -1.18. The number of carboxylic acid groups (broad SMARTS) is 1. The highest BCUT2D eigenvalue weighted by molar-refractivity contribution is 5.94. The van der Waals surface area contributed by atoms with Gasteiger partial charge < -0.3 is 16.2 Å². The van der Waals surface area contributed by atoms with E-state index in [0.29, 0.717) is 0 Å². The van der Waals surface area contributed by atoms with Crippen LogP contribution in [0.25, 0.3) is 0 Å². The Bertz CT molecular complexity index is 644. The lowest BCUT2D eigenvalue weighted by atomic mass is 10.2. The number of carbonyl (C=O) groups is 1. The second-order valence-electron chi connectivity index (χ2n) is 4.08. The number of benzene rings is 1. The van der Waals surface area contributed by atoms with Crippen LogP contribution in [0.1, 0.15) is 15.9 Å². The maximum Gasteiger partial charge on any atom is 0.339 e. The van der Waals surface area contributed by atoms with Gasteiger partial charge in [0.1, 0.15) is 17.2 Å². The highest BCUT2D eigenvalue weighted by atomic mass is 19.1. The molecule has 0 saturated heterocycles. The van der Waals surface area contributed by atoms with E-state index in [4.69, 9.17) is 10.8 Å². The number of nitrogens with two attached hydrogens (primary N) is 1. The van der Waals surface area contributed by atoms with Crippen LogP contribution in [0.5, 0.6) is 0 Å². The molecule has 1 heterocycles. The van der Waals surface area contributed by atoms with Gasteiger partial charge in [0.25, 0.3) is 0 Å². The number of aromatic nitrogens is 1. The van der Waals surface area contributed by atoms with E-state index >= 15 is 0 Å². The summed E-state index contributed by atoms with van der Waals surface area (Å²) in [5.74, 6) is -1.62. The number of rotatable bonds is 3. The van der Waals surface area contributed by atoms with Crippen LogP contribution in [0.4, 0.5) is 21.6 Å². The molecular formula is C13H12FN3O2. The summed E-state index contributed by atoms with van der Waals surface area (Å²) >= 11 is 0. The van der Waals surface area contributed by atoms with Crippen LogP contribution >= 0.6 is 0 Å². The van der Waals surface area contributed by atoms with Gasteiger partial charge in [-0.05, 0) is 30.7 Å². The Hall–Kier alpha value is -2.63. The number of nitrogens with zero attached hydrogens (tertiary/aromatic N) is 1. The lowest BCUT2D eigenvalue weighted by Gasteiger charge is -2.10. The standard InChI is InChI=1S/C13H12FN3O2/c1-7-2-3-10(14)11(4-7)17-12-9(13(18)19)5-8(15)6-16-12/h2-6H,15H2,1H3,(H,16,17)(H,18,19). The van der Waals surface area contributed by atoms with E-state index < -0.39 is 11.8 Å². The molecule has 0 aliphatic carbocycles. The maximum atomic E-state index is 13.6. The smallest absolute Gasteiger partial charge is 0.339 e. The number of anilines is 3. The number of hydrogen-bond acceptors (Lipinski definition) is 4. The summed E-state index contributed by atoms with van der Waals surface area (Å²) < 4.78 is 13.6. The topological polar surface area (TPSA) is 88.2 Å². The van der Waals surface area contributed by atoms with Gasteiger partial charge in [-0.2, -0.15) is 0 Å². The van der Waals surface area contributed by atoms with Gasteiger partial charge >= 0.3 is 5.97 Å². The van der Waals surface area contributed by atoms with Crippen molar-refractivity contribution in [1.82, 2.24) is 4.98 Å². The zero-order valence-corrected chi connectivity index (χ0v) is 10.1.